The average molecular weight is 508 g/mol. The van der Waals surface area contributed by atoms with Crippen molar-refractivity contribution in [2.75, 3.05) is 25.5 Å². The van der Waals surface area contributed by atoms with E-state index >= 15 is 0 Å². The van der Waals surface area contributed by atoms with Gasteiger partial charge in [-0.2, -0.15) is 4.99 Å². The molecule has 184 valence electrons. The molecule has 0 radical (unpaired) electrons. The van der Waals surface area contributed by atoms with Crippen molar-refractivity contribution in [2.45, 2.75) is 12.7 Å². The number of aliphatic hydroxyl groups is 1. The third-order valence-corrected chi connectivity index (χ3v) is 5.90. The lowest BCUT2D eigenvalue weighted by atomic mass is 10.2. The van der Waals surface area contributed by atoms with Crippen LogP contribution in [0.3, 0.4) is 0 Å². The van der Waals surface area contributed by atoms with E-state index < -0.39 is 0 Å². The molecule has 0 aliphatic carbocycles. The van der Waals surface area contributed by atoms with Gasteiger partial charge in [0.15, 0.2) is 0 Å². The quantitative estimate of drug-likeness (QED) is 0.361. The summed E-state index contributed by atoms with van der Waals surface area (Å²) in [4.78, 5) is 15.2. The Kier molecular flexibility index (Phi) is 6.84. The lowest BCUT2D eigenvalue weighted by molar-refractivity contribution is 0.132. The highest BCUT2D eigenvalue weighted by Gasteiger charge is 2.26. The van der Waals surface area contributed by atoms with Gasteiger partial charge in [-0.25, -0.2) is 14.4 Å². The molecule has 10 heteroatoms. The number of benzene rings is 3. The van der Waals surface area contributed by atoms with E-state index in [2.05, 4.69) is 20.3 Å². The van der Waals surface area contributed by atoms with Crippen LogP contribution in [0.15, 0.2) is 72.0 Å². The molecule has 1 aromatic heterocycles. The molecule has 0 amide bonds. The SMILES string of the molecule is CN1CC(CO)OC1=Nc1ccc2ncnc(Nc3ccc(OCc4cccc(F)c4)c(Cl)c3)c2c1. The maximum absolute atomic E-state index is 13.4. The summed E-state index contributed by atoms with van der Waals surface area (Å²) in [7, 11) is 1.86. The number of aromatic nitrogens is 2. The molecule has 1 unspecified atom stereocenters. The molecule has 2 heterocycles. The number of nitrogens with zero attached hydrogens (tertiary/aromatic N) is 4. The molecule has 4 aromatic rings. The van der Waals surface area contributed by atoms with Crippen LogP contribution < -0.4 is 10.1 Å². The van der Waals surface area contributed by atoms with Gasteiger partial charge in [-0.1, -0.05) is 23.7 Å². The molecule has 5 rings (SSSR count). The minimum atomic E-state index is -0.314. The minimum Gasteiger partial charge on any atom is -0.487 e. The maximum Gasteiger partial charge on any atom is 0.292 e. The van der Waals surface area contributed by atoms with Crippen LogP contribution in [0.25, 0.3) is 10.9 Å². The van der Waals surface area contributed by atoms with Gasteiger partial charge in [0.1, 0.15) is 36.4 Å². The van der Waals surface area contributed by atoms with E-state index in [9.17, 15) is 9.50 Å². The number of aliphatic hydroxyl groups excluding tert-OH is 1. The molecule has 0 saturated carbocycles. The molecule has 8 nitrogen and oxygen atoms in total. The summed E-state index contributed by atoms with van der Waals surface area (Å²) in [5.41, 5.74) is 2.83. The van der Waals surface area contributed by atoms with E-state index in [1.807, 2.05) is 36.2 Å². The Morgan fingerprint density at radius 1 is 1.19 bits per heavy atom. The Bertz CT molecular complexity index is 1430. The number of amidine groups is 1. The first kappa shape index (κ1) is 23.8. The Morgan fingerprint density at radius 3 is 2.86 bits per heavy atom. The summed E-state index contributed by atoms with van der Waals surface area (Å²) in [6, 6.07) is 17.5. The number of hydrogen-bond acceptors (Lipinski definition) is 7. The zero-order valence-corrected chi connectivity index (χ0v) is 20.1. The minimum absolute atomic E-state index is 0.0693. The second kappa shape index (κ2) is 10.3. The van der Waals surface area contributed by atoms with Crippen LogP contribution in [0.2, 0.25) is 5.02 Å². The van der Waals surface area contributed by atoms with Gasteiger partial charge in [-0.05, 0) is 54.1 Å². The van der Waals surface area contributed by atoms with Gasteiger partial charge >= 0.3 is 0 Å². The fourth-order valence-electron chi connectivity index (χ4n) is 3.81. The van der Waals surface area contributed by atoms with Crippen molar-refractivity contribution in [1.29, 1.82) is 0 Å². The number of aliphatic imine (C=N–C) groups is 1. The van der Waals surface area contributed by atoms with Crippen LogP contribution in [-0.2, 0) is 11.3 Å². The van der Waals surface area contributed by atoms with E-state index in [1.165, 1.54) is 18.5 Å². The molecule has 1 saturated heterocycles. The third-order valence-electron chi connectivity index (χ3n) is 5.60. The Morgan fingerprint density at radius 2 is 2.08 bits per heavy atom. The van der Waals surface area contributed by atoms with Crippen LogP contribution in [0.5, 0.6) is 5.75 Å². The highest BCUT2D eigenvalue weighted by molar-refractivity contribution is 6.32. The van der Waals surface area contributed by atoms with Crippen molar-refractivity contribution in [3.63, 3.8) is 0 Å². The summed E-state index contributed by atoms with van der Waals surface area (Å²) in [6.45, 7) is 0.700. The van der Waals surface area contributed by atoms with E-state index in [4.69, 9.17) is 21.1 Å². The number of hydrogen-bond donors (Lipinski definition) is 2. The van der Waals surface area contributed by atoms with Crippen molar-refractivity contribution in [2.24, 2.45) is 4.99 Å². The molecule has 1 aliphatic rings. The number of halogens is 2. The van der Waals surface area contributed by atoms with Gasteiger partial charge in [0.2, 0.25) is 0 Å². The first-order chi connectivity index (χ1) is 17.5. The maximum atomic E-state index is 13.4. The van der Waals surface area contributed by atoms with Gasteiger partial charge in [0, 0.05) is 18.1 Å². The zero-order chi connectivity index (χ0) is 25.1. The molecule has 1 fully saturated rings. The third kappa shape index (κ3) is 5.32. The van der Waals surface area contributed by atoms with Crippen molar-refractivity contribution < 1.29 is 19.0 Å². The number of anilines is 2. The monoisotopic (exact) mass is 507 g/mol. The number of likely N-dealkylation sites (N-methyl/N-ethyl adjacent to an activating group) is 1. The molecule has 3 aromatic carbocycles. The predicted octanol–water partition coefficient (Wildman–Crippen LogP) is 5.06. The summed E-state index contributed by atoms with van der Waals surface area (Å²) in [5, 5.41) is 13.8. The van der Waals surface area contributed by atoms with E-state index in [0.717, 1.165) is 10.9 Å². The van der Waals surface area contributed by atoms with E-state index in [-0.39, 0.29) is 25.1 Å². The van der Waals surface area contributed by atoms with Crippen LogP contribution in [0.4, 0.5) is 21.6 Å². The molecule has 0 spiro atoms. The number of nitrogens with one attached hydrogen (secondary N) is 1. The number of fused-ring (bicyclic) bond motifs is 1. The van der Waals surface area contributed by atoms with Gasteiger partial charge < -0.3 is 24.8 Å². The summed E-state index contributed by atoms with van der Waals surface area (Å²) in [5.74, 6) is 0.755. The topological polar surface area (TPSA) is 92.1 Å². The Hall–Kier alpha value is -3.95. The van der Waals surface area contributed by atoms with Gasteiger partial charge in [-0.3, -0.25) is 0 Å². The summed E-state index contributed by atoms with van der Waals surface area (Å²) < 4.78 is 24.8. The predicted molar refractivity (Wildman–Crippen MR) is 137 cm³/mol. The smallest absolute Gasteiger partial charge is 0.292 e. The first-order valence-electron chi connectivity index (χ1n) is 11.2. The van der Waals surface area contributed by atoms with Gasteiger partial charge in [0.25, 0.3) is 6.02 Å². The Labute approximate surface area is 212 Å². The van der Waals surface area contributed by atoms with Crippen LogP contribution >= 0.6 is 11.6 Å². The summed E-state index contributed by atoms with van der Waals surface area (Å²) in [6.07, 6.45) is 1.19. The standard InChI is InChI=1S/C26H23ClFN5O3/c1-33-12-20(13-34)36-26(33)32-18-5-7-23-21(10-18)25(30-15-29-23)31-19-6-8-24(22(27)11-19)35-14-16-3-2-4-17(28)9-16/h2-11,15,20,34H,12-14H2,1H3,(H,29,30,31). The molecular weight excluding hydrogens is 485 g/mol. The fraction of sp³-hybridized carbons (Fsp3) is 0.192. The van der Waals surface area contributed by atoms with Gasteiger partial charge in [-0.15, -0.1) is 0 Å². The van der Waals surface area contributed by atoms with Crippen molar-refractivity contribution in [3.8, 4) is 5.75 Å². The molecule has 2 N–H and O–H groups in total. The normalized spacial score (nSPS) is 16.4. The second-order valence-corrected chi connectivity index (χ2v) is 8.72. The fourth-order valence-corrected chi connectivity index (χ4v) is 4.05. The van der Waals surface area contributed by atoms with Crippen LogP contribution in [0.1, 0.15) is 5.56 Å². The molecule has 1 aliphatic heterocycles. The lowest BCUT2D eigenvalue weighted by Gasteiger charge is -2.12. The van der Waals surface area contributed by atoms with Crippen molar-refractivity contribution in [1.82, 2.24) is 14.9 Å². The number of rotatable bonds is 7. The van der Waals surface area contributed by atoms with E-state index in [0.29, 0.717) is 46.1 Å². The van der Waals surface area contributed by atoms with Crippen LogP contribution in [0, 0.1) is 5.82 Å². The van der Waals surface area contributed by atoms with Crippen LogP contribution in [-0.4, -0.2) is 52.3 Å². The highest BCUT2D eigenvalue weighted by atomic mass is 35.5. The number of ether oxygens (including phenoxy) is 2. The van der Waals surface area contributed by atoms with Crippen molar-refractivity contribution >= 4 is 45.7 Å². The summed E-state index contributed by atoms with van der Waals surface area (Å²) >= 11 is 6.44. The first-order valence-corrected chi connectivity index (χ1v) is 11.6. The van der Waals surface area contributed by atoms with Crippen molar-refractivity contribution in [3.05, 3.63) is 83.4 Å². The molecular formula is C26H23ClFN5O3. The molecule has 0 bridgehead atoms. The lowest BCUT2D eigenvalue weighted by Crippen LogP contribution is -2.21. The van der Waals surface area contributed by atoms with E-state index in [1.54, 1.807) is 24.3 Å². The molecule has 36 heavy (non-hydrogen) atoms. The largest absolute Gasteiger partial charge is 0.487 e. The zero-order valence-electron chi connectivity index (χ0n) is 19.4. The highest BCUT2D eigenvalue weighted by Crippen LogP contribution is 2.32. The second-order valence-electron chi connectivity index (χ2n) is 8.31. The average Bonchev–Trinajstić information content (AvgIpc) is 3.23. The molecule has 1 atom stereocenters. The Balaban J connectivity index is 1.35. The van der Waals surface area contributed by atoms with Gasteiger partial charge in [0.05, 0.1) is 29.4 Å².